The topological polar surface area (TPSA) is 75.2 Å². The summed E-state index contributed by atoms with van der Waals surface area (Å²) in [6, 6.07) is 0.378. The Morgan fingerprint density at radius 2 is 1.89 bits per heavy atom. The zero-order valence-corrected chi connectivity index (χ0v) is 20.1. The highest BCUT2D eigenvalue weighted by atomic mass is 127. The SMILES string of the molecule is CCNC(=NCC(C)CN1CCOCC1)NC1CCC(C(=O)OCC)CC1.I. The fraction of sp³-hybridized carbons (Fsp3) is 0.900. The minimum absolute atomic E-state index is 0. The van der Waals surface area contributed by atoms with Crippen LogP contribution in [0.3, 0.4) is 0 Å². The molecule has 0 bridgehead atoms. The number of halogens is 1. The van der Waals surface area contributed by atoms with Gasteiger partial charge in [0.05, 0.1) is 25.7 Å². The standard InChI is InChI=1S/C20H38N4O3.HI/c1-4-21-20(22-14-16(3)15-24-10-12-26-13-11-24)23-18-8-6-17(7-9-18)19(25)27-5-2;/h16-18H,4-15H2,1-3H3,(H2,21,22,23);1H. The predicted octanol–water partition coefficient (Wildman–Crippen LogP) is 2.25. The fourth-order valence-electron chi connectivity index (χ4n) is 3.78. The molecule has 2 N–H and O–H groups in total. The van der Waals surface area contributed by atoms with E-state index in [4.69, 9.17) is 14.5 Å². The van der Waals surface area contributed by atoms with E-state index in [1.807, 2.05) is 6.92 Å². The van der Waals surface area contributed by atoms with Crippen molar-refractivity contribution < 1.29 is 14.3 Å². The largest absolute Gasteiger partial charge is 0.466 e. The van der Waals surface area contributed by atoms with Crippen LogP contribution in [0.15, 0.2) is 4.99 Å². The summed E-state index contributed by atoms with van der Waals surface area (Å²) < 4.78 is 10.6. The van der Waals surface area contributed by atoms with Crippen LogP contribution in [0.1, 0.15) is 46.5 Å². The van der Waals surface area contributed by atoms with Gasteiger partial charge in [-0.2, -0.15) is 0 Å². The molecule has 2 rings (SSSR count). The van der Waals surface area contributed by atoms with Crippen LogP contribution < -0.4 is 10.6 Å². The molecular formula is C20H39IN4O3. The van der Waals surface area contributed by atoms with Crippen LogP contribution in [-0.4, -0.2) is 75.4 Å². The van der Waals surface area contributed by atoms with Gasteiger partial charge in [0.25, 0.3) is 0 Å². The number of guanidine groups is 1. The van der Waals surface area contributed by atoms with Gasteiger partial charge in [-0.15, -0.1) is 24.0 Å². The summed E-state index contributed by atoms with van der Waals surface area (Å²) in [4.78, 5) is 19.1. The second-order valence-electron chi connectivity index (χ2n) is 7.68. The number of hydrogen-bond donors (Lipinski definition) is 2. The number of hydrogen-bond acceptors (Lipinski definition) is 5. The van der Waals surface area contributed by atoms with Crippen LogP contribution in [0.25, 0.3) is 0 Å². The van der Waals surface area contributed by atoms with Crippen molar-refractivity contribution in [3.8, 4) is 0 Å². The van der Waals surface area contributed by atoms with Crippen LogP contribution in [0.2, 0.25) is 0 Å². The summed E-state index contributed by atoms with van der Waals surface area (Å²) in [6.45, 7) is 13.1. The van der Waals surface area contributed by atoms with E-state index in [-0.39, 0.29) is 35.9 Å². The van der Waals surface area contributed by atoms with Gasteiger partial charge in [0.2, 0.25) is 0 Å². The van der Waals surface area contributed by atoms with Crippen LogP contribution >= 0.6 is 24.0 Å². The maximum absolute atomic E-state index is 11.9. The average molecular weight is 510 g/mol. The first-order valence-corrected chi connectivity index (χ1v) is 10.6. The Hall–Kier alpha value is -0.610. The number of aliphatic imine (C=N–C) groups is 1. The monoisotopic (exact) mass is 510 g/mol. The van der Waals surface area contributed by atoms with E-state index in [2.05, 4.69) is 29.4 Å². The van der Waals surface area contributed by atoms with Crippen LogP contribution in [0, 0.1) is 11.8 Å². The zero-order valence-electron chi connectivity index (χ0n) is 17.7. The third-order valence-corrected chi connectivity index (χ3v) is 5.27. The highest BCUT2D eigenvalue weighted by molar-refractivity contribution is 14.0. The van der Waals surface area contributed by atoms with E-state index in [1.165, 1.54) is 0 Å². The molecular weight excluding hydrogens is 471 g/mol. The number of carbonyl (C=O) groups excluding carboxylic acids is 1. The molecule has 2 fully saturated rings. The van der Waals surface area contributed by atoms with Crippen LogP contribution in [0.4, 0.5) is 0 Å². The molecule has 8 heteroatoms. The molecule has 0 aromatic rings. The number of morpholine rings is 1. The van der Waals surface area contributed by atoms with Gasteiger partial charge in [-0.25, -0.2) is 0 Å². The third kappa shape index (κ3) is 9.26. The molecule has 2 aliphatic rings. The zero-order chi connectivity index (χ0) is 19.5. The lowest BCUT2D eigenvalue weighted by Crippen LogP contribution is -2.45. The van der Waals surface area contributed by atoms with E-state index in [1.54, 1.807) is 0 Å². The normalized spacial score (nSPS) is 24.8. The van der Waals surface area contributed by atoms with Gasteiger partial charge in [0, 0.05) is 38.8 Å². The highest BCUT2D eigenvalue weighted by Gasteiger charge is 2.27. The lowest BCUT2D eigenvalue weighted by Gasteiger charge is -2.30. The van der Waals surface area contributed by atoms with Crippen LogP contribution in [0.5, 0.6) is 0 Å². The molecule has 1 saturated heterocycles. The molecule has 1 aliphatic heterocycles. The molecule has 28 heavy (non-hydrogen) atoms. The van der Waals surface area contributed by atoms with Gasteiger partial charge in [-0.1, -0.05) is 6.92 Å². The Labute approximate surface area is 187 Å². The Morgan fingerprint density at radius 1 is 1.21 bits per heavy atom. The van der Waals surface area contributed by atoms with Gasteiger partial charge in [0.1, 0.15) is 0 Å². The summed E-state index contributed by atoms with van der Waals surface area (Å²) in [5.74, 6) is 1.44. The van der Waals surface area contributed by atoms with E-state index in [0.717, 1.165) is 77.6 Å². The molecule has 0 radical (unpaired) electrons. The second kappa shape index (κ2) is 14.4. The average Bonchev–Trinajstić information content (AvgIpc) is 2.68. The quantitative estimate of drug-likeness (QED) is 0.226. The molecule has 0 amide bonds. The first-order chi connectivity index (χ1) is 13.1. The highest BCUT2D eigenvalue weighted by Crippen LogP contribution is 2.25. The Balaban J connectivity index is 0.00000392. The Bertz CT molecular complexity index is 464. The maximum atomic E-state index is 11.9. The summed E-state index contributed by atoms with van der Waals surface area (Å²) in [7, 11) is 0. The van der Waals surface area contributed by atoms with Gasteiger partial charge >= 0.3 is 5.97 Å². The number of carbonyl (C=O) groups is 1. The minimum atomic E-state index is -0.0338. The molecule has 164 valence electrons. The molecule has 1 saturated carbocycles. The van der Waals surface area contributed by atoms with Crippen molar-refractivity contribution in [2.45, 2.75) is 52.5 Å². The molecule has 0 aromatic heterocycles. The van der Waals surface area contributed by atoms with E-state index < -0.39 is 0 Å². The number of nitrogens with one attached hydrogen (secondary N) is 2. The molecule has 1 heterocycles. The summed E-state index contributed by atoms with van der Waals surface area (Å²) in [6.07, 6.45) is 3.75. The molecule has 7 nitrogen and oxygen atoms in total. The van der Waals surface area contributed by atoms with Crippen molar-refractivity contribution in [1.29, 1.82) is 0 Å². The lowest BCUT2D eigenvalue weighted by molar-refractivity contribution is -0.149. The number of ether oxygens (including phenoxy) is 2. The summed E-state index contributed by atoms with van der Waals surface area (Å²) in [5, 5.41) is 6.92. The molecule has 1 aliphatic carbocycles. The smallest absolute Gasteiger partial charge is 0.308 e. The van der Waals surface area contributed by atoms with Crippen molar-refractivity contribution in [1.82, 2.24) is 15.5 Å². The van der Waals surface area contributed by atoms with Crippen molar-refractivity contribution >= 4 is 35.9 Å². The van der Waals surface area contributed by atoms with Crippen LogP contribution in [-0.2, 0) is 14.3 Å². The van der Waals surface area contributed by atoms with Crippen molar-refractivity contribution in [3.05, 3.63) is 0 Å². The first kappa shape index (κ1) is 25.4. The van der Waals surface area contributed by atoms with E-state index >= 15 is 0 Å². The molecule has 1 atom stereocenters. The Morgan fingerprint density at radius 3 is 2.50 bits per heavy atom. The van der Waals surface area contributed by atoms with Crippen molar-refractivity contribution in [2.75, 3.05) is 52.5 Å². The van der Waals surface area contributed by atoms with E-state index in [0.29, 0.717) is 18.6 Å². The van der Waals surface area contributed by atoms with E-state index in [9.17, 15) is 4.79 Å². The van der Waals surface area contributed by atoms with Gasteiger partial charge < -0.3 is 20.1 Å². The summed E-state index contributed by atoms with van der Waals surface area (Å²) in [5.41, 5.74) is 0. The molecule has 0 spiro atoms. The second-order valence-corrected chi connectivity index (χ2v) is 7.68. The number of rotatable bonds is 8. The van der Waals surface area contributed by atoms with Gasteiger partial charge in [0.15, 0.2) is 5.96 Å². The Kier molecular flexibility index (Phi) is 13.1. The van der Waals surface area contributed by atoms with Gasteiger partial charge in [-0.05, 0) is 45.4 Å². The summed E-state index contributed by atoms with van der Waals surface area (Å²) >= 11 is 0. The van der Waals surface area contributed by atoms with Crippen molar-refractivity contribution in [2.24, 2.45) is 16.8 Å². The number of nitrogens with zero attached hydrogens (tertiary/aromatic N) is 2. The minimum Gasteiger partial charge on any atom is -0.466 e. The fourth-order valence-corrected chi connectivity index (χ4v) is 3.78. The molecule has 0 aromatic carbocycles. The van der Waals surface area contributed by atoms with Gasteiger partial charge in [-0.3, -0.25) is 14.7 Å². The predicted molar refractivity (Wildman–Crippen MR) is 123 cm³/mol. The first-order valence-electron chi connectivity index (χ1n) is 10.6. The van der Waals surface area contributed by atoms with Crippen molar-refractivity contribution in [3.63, 3.8) is 0 Å². The lowest BCUT2D eigenvalue weighted by atomic mass is 9.86. The number of esters is 1. The third-order valence-electron chi connectivity index (χ3n) is 5.27. The maximum Gasteiger partial charge on any atom is 0.308 e. The molecule has 1 unspecified atom stereocenters.